The molecule has 4 heteroatoms. The number of hydrogen-bond acceptors (Lipinski definition) is 3. The van der Waals surface area contributed by atoms with Crippen LogP contribution >= 0.6 is 0 Å². The van der Waals surface area contributed by atoms with Crippen molar-refractivity contribution in [3.63, 3.8) is 0 Å². The van der Waals surface area contributed by atoms with Gasteiger partial charge in [-0.25, -0.2) is 4.79 Å². The van der Waals surface area contributed by atoms with Crippen LogP contribution in [0.2, 0.25) is 0 Å². The Labute approximate surface area is 96.9 Å². The van der Waals surface area contributed by atoms with Crippen molar-refractivity contribution in [2.75, 3.05) is 0 Å². The summed E-state index contributed by atoms with van der Waals surface area (Å²) in [6, 6.07) is 3.79. The number of fused-ring (bicyclic) bond motifs is 3. The quantitative estimate of drug-likeness (QED) is 0.760. The van der Waals surface area contributed by atoms with Crippen LogP contribution in [0.5, 0.6) is 5.75 Å². The monoisotopic (exact) mass is 227 g/mol. The van der Waals surface area contributed by atoms with Gasteiger partial charge in [-0.05, 0) is 30.7 Å². The molecule has 0 atom stereocenters. The van der Waals surface area contributed by atoms with Crippen LogP contribution in [-0.2, 0) is 11.2 Å². The molecule has 0 saturated carbocycles. The SMILES string of the molecule is O=C(O)C1=CC=c2ccc3c(c2O1)CC=CN=3. The Morgan fingerprint density at radius 2 is 2.24 bits per heavy atom. The molecule has 0 aromatic heterocycles. The summed E-state index contributed by atoms with van der Waals surface area (Å²) >= 11 is 0. The minimum atomic E-state index is -1.06. The van der Waals surface area contributed by atoms with Gasteiger partial charge >= 0.3 is 5.97 Å². The summed E-state index contributed by atoms with van der Waals surface area (Å²) in [5, 5.41) is 10.6. The molecule has 17 heavy (non-hydrogen) atoms. The van der Waals surface area contributed by atoms with Gasteiger partial charge in [0, 0.05) is 17.0 Å². The van der Waals surface area contributed by atoms with Gasteiger partial charge in [0.05, 0.1) is 5.36 Å². The smallest absolute Gasteiger partial charge is 0.371 e. The molecule has 3 rings (SSSR count). The molecule has 1 N–H and O–H groups in total. The molecule has 2 aliphatic rings. The first kappa shape index (κ1) is 9.84. The van der Waals surface area contributed by atoms with E-state index in [1.54, 1.807) is 12.3 Å². The minimum absolute atomic E-state index is 0.0551. The number of rotatable bonds is 1. The molecule has 1 aromatic rings. The standard InChI is InChI=1S/C13H9NO3/c15-13(16)11-6-4-8-3-5-10-9(12(8)17-11)2-1-7-14-10/h1,3-7H,2H2,(H,15,16). The van der Waals surface area contributed by atoms with E-state index in [0.29, 0.717) is 12.2 Å². The first-order valence-electron chi connectivity index (χ1n) is 5.23. The van der Waals surface area contributed by atoms with E-state index in [1.807, 2.05) is 18.2 Å². The van der Waals surface area contributed by atoms with Crippen molar-refractivity contribution in [2.24, 2.45) is 4.99 Å². The predicted octanol–water partition coefficient (Wildman–Crippen LogP) is 0.517. The van der Waals surface area contributed by atoms with E-state index in [9.17, 15) is 4.79 Å². The van der Waals surface area contributed by atoms with Crippen molar-refractivity contribution in [2.45, 2.75) is 6.42 Å². The average molecular weight is 227 g/mol. The topological polar surface area (TPSA) is 58.9 Å². The van der Waals surface area contributed by atoms with Gasteiger partial charge in [0.15, 0.2) is 0 Å². The van der Waals surface area contributed by atoms with E-state index in [-0.39, 0.29) is 5.76 Å². The third-order valence-corrected chi connectivity index (χ3v) is 2.74. The Hall–Kier alpha value is -2.36. The Bertz CT molecular complexity index is 683. The summed E-state index contributed by atoms with van der Waals surface area (Å²) in [7, 11) is 0. The second-order valence-corrected chi connectivity index (χ2v) is 3.80. The number of benzene rings is 1. The van der Waals surface area contributed by atoms with Crippen molar-refractivity contribution < 1.29 is 14.6 Å². The number of hydrogen-bond donors (Lipinski definition) is 1. The van der Waals surface area contributed by atoms with E-state index in [1.165, 1.54) is 6.08 Å². The van der Waals surface area contributed by atoms with Gasteiger partial charge in [0.25, 0.3) is 0 Å². The number of carboxylic acid groups (broad SMARTS) is 1. The van der Waals surface area contributed by atoms with Crippen molar-refractivity contribution in [3.8, 4) is 5.75 Å². The van der Waals surface area contributed by atoms with Crippen molar-refractivity contribution in [1.82, 2.24) is 0 Å². The van der Waals surface area contributed by atoms with Gasteiger partial charge in [-0.2, -0.15) is 0 Å². The molecule has 0 aliphatic carbocycles. The second-order valence-electron chi connectivity index (χ2n) is 3.80. The van der Waals surface area contributed by atoms with Gasteiger partial charge in [0.2, 0.25) is 5.76 Å². The Kier molecular flexibility index (Phi) is 2.08. The maximum Gasteiger partial charge on any atom is 0.371 e. The fraction of sp³-hybridized carbons (Fsp3) is 0.0769. The zero-order valence-electron chi connectivity index (χ0n) is 8.88. The number of carboxylic acids is 1. The molecule has 4 nitrogen and oxygen atoms in total. The maximum absolute atomic E-state index is 10.9. The van der Waals surface area contributed by atoms with Gasteiger partial charge in [-0.1, -0.05) is 6.08 Å². The number of carbonyl (C=O) groups is 1. The second kappa shape index (κ2) is 3.59. The van der Waals surface area contributed by atoms with E-state index >= 15 is 0 Å². The lowest BCUT2D eigenvalue weighted by Crippen LogP contribution is -2.24. The van der Waals surface area contributed by atoms with E-state index < -0.39 is 5.97 Å². The molecule has 0 fully saturated rings. The molecule has 1 aromatic carbocycles. The van der Waals surface area contributed by atoms with Gasteiger partial charge in [-0.15, -0.1) is 0 Å². The molecule has 0 saturated heterocycles. The van der Waals surface area contributed by atoms with Crippen molar-refractivity contribution in [1.29, 1.82) is 0 Å². The van der Waals surface area contributed by atoms with Crippen LogP contribution in [0.15, 0.2) is 41.2 Å². The van der Waals surface area contributed by atoms with E-state index in [2.05, 4.69) is 4.99 Å². The van der Waals surface area contributed by atoms with E-state index in [4.69, 9.17) is 9.84 Å². The van der Waals surface area contributed by atoms with Gasteiger partial charge < -0.3 is 9.84 Å². The lowest BCUT2D eigenvalue weighted by Gasteiger charge is -2.15. The fourth-order valence-electron chi connectivity index (χ4n) is 1.93. The third-order valence-electron chi connectivity index (χ3n) is 2.74. The summed E-state index contributed by atoms with van der Waals surface area (Å²) in [4.78, 5) is 15.1. The normalized spacial score (nSPS) is 15.6. The van der Waals surface area contributed by atoms with Gasteiger partial charge in [0.1, 0.15) is 5.75 Å². The summed E-state index contributed by atoms with van der Waals surface area (Å²) in [6.07, 6.45) is 7.59. The highest BCUT2D eigenvalue weighted by Gasteiger charge is 2.17. The molecule has 0 amide bonds. The number of ether oxygens (including phenoxy) is 1. The highest BCUT2D eigenvalue weighted by molar-refractivity contribution is 5.87. The zero-order chi connectivity index (χ0) is 11.8. The molecule has 84 valence electrons. The fourth-order valence-corrected chi connectivity index (χ4v) is 1.93. The Morgan fingerprint density at radius 1 is 1.35 bits per heavy atom. The number of allylic oxidation sites excluding steroid dienone is 2. The zero-order valence-corrected chi connectivity index (χ0v) is 8.88. The van der Waals surface area contributed by atoms with Crippen molar-refractivity contribution in [3.05, 3.63) is 52.4 Å². The summed E-state index contributed by atoms with van der Waals surface area (Å²) in [5.74, 6) is -0.510. The molecule has 0 bridgehead atoms. The molecule has 0 unspecified atom stereocenters. The summed E-state index contributed by atoms with van der Waals surface area (Å²) in [5.41, 5.74) is 0.938. The summed E-state index contributed by atoms with van der Waals surface area (Å²) < 4.78 is 5.43. The number of nitrogens with zero attached hydrogens (tertiary/aromatic N) is 1. The van der Waals surface area contributed by atoms with Crippen LogP contribution in [0, 0.1) is 0 Å². The average Bonchev–Trinajstić information content (AvgIpc) is 2.38. The molecular formula is C13H9NO3. The molecule has 0 spiro atoms. The van der Waals surface area contributed by atoms with Gasteiger partial charge in [-0.3, -0.25) is 4.99 Å². The maximum atomic E-state index is 10.9. The van der Waals surface area contributed by atoms with E-state index in [0.717, 1.165) is 16.1 Å². The Balaban J connectivity index is 2.22. The van der Waals surface area contributed by atoms with Crippen LogP contribution in [0.25, 0.3) is 6.08 Å². The lowest BCUT2D eigenvalue weighted by atomic mass is 10.1. The Morgan fingerprint density at radius 3 is 3.06 bits per heavy atom. The molecule has 0 radical (unpaired) electrons. The van der Waals surface area contributed by atoms with Crippen LogP contribution in [0.3, 0.4) is 0 Å². The highest BCUT2D eigenvalue weighted by Crippen LogP contribution is 2.18. The predicted molar refractivity (Wildman–Crippen MR) is 60.9 cm³/mol. The van der Waals surface area contributed by atoms with Crippen LogP contribution in [0.1, 0.15) is 5.56 Å². The third kappa shape index (κ3) is 1.54. The lowest BCUT2D eigenvalue weighted by molar-refractivity contribution is -0.135. The first-order chi connectivity index (χ1) is 8.25. The number of aliphatic carboxylic acids is 1. The van der Waals surface area contributed by atoms with Crippen LogP contribution < -0.4 is 15.3 Å². The molecular weight excluding hydrogens is 218 g/mol. The van der Waals surface area contributed by atoms with Crippen molar-refractivity contribution >= 4 is 12.0 Å². The van der Waals surface area contributed by atoms with Crippen LogP contribution in [-0.4, -0.2) is 11.1 Å². The molecule has 2 aliphatic heterocycles. The summed E-state index contributed by atoms with van der Waals surface area (Å²) in [6.45, 7) is 0. The molecule has 2 heterocycles. The van der Waals surface area contributed by atoms with Crippen LogP contribution in [0.4, 0.5) is 0 Å². The highest BCUT2D eigenvalue weighted by atomic mass is 16.5. The minimum Gasteiger partial charge on any atom is -0.475 e. The largest absolute Gasteiger partial charge is 0.475 e. The first-order valence-corrected chi connectivity index (χ1v) is 5.23.